The van der Waals surface area contributed by atoms with Crippen LogP contribution in [-0.4, -0.2) is 43.3 Å². The molecule has 1 rings (SSSR count). The van der Waals surface area contributed by atoms with Gasteiger partial charge in [0.1, 0.15) is 11.6 Å². The summed E-state index contributed by atoms with van der Waals surface area (Å²) in [6.45, 7) is 1.99. The van der Waals surface area contributed by atoms with Gasteiger partial charge in [-0.1, -0.05) is 0 Å². The van der Waals surface area contributed by atoms with E-state index in [1.54, 1.807) is 18.9 Å². The highest BCUT2D eigenvalue weighted by atomic mass is 19.1. The lowest BCUT2D eigenvalue weighted by atomic mass is 10.0. The van der Waals surface area contributed by atoms with E-state index in [1.165, 1.54) is 7.05 Å². The largest absolute Gasteiger partial charge is 0.359 e. The van der Waals surface area contributed by atoms with Gasteiger partial charge in [-0.3, -0.25) is 14.5 Å². The van der Waals surface area contributed by atoms with E-state index in [1.807, 2.05) is 0 Å². The molecule has 0 saturated heterocycles. The fraction of sp³-hybridized carbons (Fsp3) is 0.429. The van der Waals surface area contributed by atoms with Gasteiger partial charge < -0.3 is 5.32 Å². The van der Waals surface area contributed by atoms with Crippen molar-refractivity contribution in [1.82, 2.24) is 10.2 Å². The number of carbonyl (C=O) groups excluding carboxylic acids is 2. The molecule has 0 aliphatic carbocycles. The van der Waals surface area contributed by atoms with Gasteiger partial charge in [0.2, 0.25) is 5.91 Å². The number of Topliss-reactive ketones (excluding diaryl/α,β-unsaturated/α-hetero) is 1. The summed E-state index contributed by atoms with van der Waals surface area (Å²) in [4.78, 5) is 24.9. The first-order valence-corrected chi connectivity index (χ1v) is 6.27. The van der Waals surface area contributed by atoms with Crippen LogP contribution in [0.5, 0.6) is 0 Å². The third-order valence-corrected chi connectivity index (χ3v) is 3.21. The molecule has 0 aliphatic heterocycles. The SMILES string of the molecule is CNC(=O)CCN(C)C(C)C(=O)c1ccc(F)cc1F. The second-order valence-electron chi connectivity index (χ2n) is 4.57. The average molecular weight is 284 g/mol. The number of likely N-dealkylation sites (N-methyl/N-ethyl adjacent to an activating group) is 1. The Morgan fingerprint density at radius 1 is 1.35 bits per heavy atom. The summed E-state index contributed by atoms with van der Waals surface area (Å²) < 4.78 is 26.4. The molecule has 1 atom stereocenters. The van der Waals surface area contributed by atoms with E-state index in [4.69, 9.17) is 0 Å². The van der Waals surface area contributed by atoms with Crippen molar-refractivity contribution in [3.8, 4) is 0 Å². The van der Waals surface area contributed by atoms with Crippen molar-refractivity contribution in [1.29, 1.82) is 0 Å². The maximum Gasteiger partial charge on any atom is 0.221 e. The Labute approximate surface area is 116 Å². The minimum atomic E-state index is -0.874. The zero-order valence-corrected chi connectivity index (χ0v) is 11.7. The molecule has 4 nitrogen and oxygen atoms in total. The number of ketones is 1. The fourth-order valence-corrected chi connectivity index (χ4v) is 1.71. The quantitative estimate of drug-likeness (QED) is 0.807. The lowest BCUT2D eigenvalue weighted by Crippen LogP contribution is -2.38. The monoisotopic (exact) mass is 284 g/mol. The van der Waals surface area contributed by atoms with Crippen LogP contribution in [0.3, 0.4) is 0 Å². The molecule has 0 radical (unpaired) electrons. The number of hydrogen-bond donors (Lipinski definition) is 1. The smallest absolute Gasteiger partial charge is 0.221 e. The first kappa shape index (κ1) is 16.2. The number of hydrogen-bond acceptors (Lipinski definition) is 3. The Hall–Kier alpha value is -1.82. The summed E-state index contributed by atoms with van der Waals surface area (Å²) in [5.74, 6) is -2.17. The van der Waals surface area contributed by atoms with Crippen molar-refractivity contribution < 1.29 is 18.4 Å². The molecule has 0 heterocycles. The van der Waals surface area contributed by atoms with Crippen molar-refractivity contribution in [2.45, 2.75) is 19.4 Å². The van der Waals surface area contributed by atoms with Gasteiger partial charge in [0.25, 0.3) is 0 Å². The Balaban J connectivity index is 2.73. The fourth-order valence-electron chi connectivity index (χ4n) is 1.71. The summed E-state index contributed by atoms with van der Waals surface area (Å²) in [6, 6.07) is 2.27. The van der Waals surface area contributed by atoms with Crippen LogP contribution in [0.25, 0.3) is 0 Å². The van der Waals surface area contributed by atoms with Crippen molar-refractivity contribution in [3.05, 3.63) is 35.4 Å². The number of nitrogens with one attached hydrogen (secondary N) is 1. The van der Waals surface area contributed by atoms with Crippen LogP contribution < -0.4 is 5.32 Å². The third-order valence-electron chi connectivity index (χ3n) is 3.21. The van der Waals surface area contributed by atoms with Gasteiger partial charge in [-0.25, -0.2) is 8.78 Å². The first-order valence-electron chi connectivity index (χ1n) is 6.27. The lowest BCUT2D eigenvalue weighted by molar-refractivity contribution is -0.120. The van der Waals surface area contributed by atoms with Crippen molar-refractivity contribution in [2.75, 3.05) is 20.6 Å². The normalized spacial score (nSPS) is 12.3. The molecule has 0 spiro atoms. The highest BCUT2D eigenvalue weighted by Gasteiger charge is 2.22. The van der Waals surface area contributed by atoms with E-state index in [-0.39, 0.29) is 17.9 Å². The molecule has 0 saturated carbocycles. The summed E-state index contributed by atoms with van der Waals surface area (Å²) >= 11 is 0. The zero-order chi connectivity index (χ0) is 15.3. The second-order valence-corrected chi connectivity index (χ2v) is 4.57. The van der Waals surface area contributed by atoms with Gasteiger partial charge in [-0.2, -0.15) is 0 Å². The molecule has 6 heteroatoms. The van der Waals surface area contributed by atoms with Gasteiger partial charge in [0.15, 0.2) is 5.78 Å². The number of benzene rings is 1. The maximum absolute atomic E-state index is 13.5. The average Bonchev–Trinajstić information content (AvgIpc) is 2.42. The van der Waals surface area contributed by atoms with Crippen LogP contribution in [-0.2, 0) is 4.79 Å². The topological polar surface area (TPSA) is 49.4 Å². The van der Waals surface area contributed by atoms with E-state index in [2.05, 4.69) is 5.32 Å². The van der Waals surface area contributed by atoms with E-state index >= 15 is 0 Å². The van der Waals surface area contributed by atoms with E-state index in [0.717, 1.165) is 12.1 Å². The first-order chi connectivity index (χ1) is 9.36. The van der Waals surface area contributed by atoms with Gasteiger partial charge in [-0.05, 0) is 26.1 Å². The summed E-state index contributed by atoms with van der Waals surface area (Å²) in [5.41, 5.74) is -0.148. The van der Waals surface area contributed by atoms with Crippen molar-refractivity contribution in [3.63, 3.8) is 0 Å². The predicted octanol–water partition coefficient (Wildman–Crippen LogP) is 1.60. The molecular weight excluding hydrogens is 266 g/mol. The molecule has 0 aliphatic rings. The maximum atomic E-state index is 13.5. The van der Waals surface area contributed by atoms with Gasteiger partial charge in [0.05, 0.1) is 11.6 Å². The Kier molecular flexibility index (Phi) is 5.76. The number of rotatable bonds is 6. The van der Waals surface area contributed by atoms with Gasteiger partial charge in [0, 0.05) is 26.1 Å². The molecular formula is C14H18F2N2O2. The molecule has 1 aromatic rings. The molecule has 110 valence electrons. The zero-order valence-electron chi connectivity index (χ0n) is 11.7. The molecule has 1 unspecified atom stereocenters. The Morgan fingerprint density at radius 3 is 2.55 bits per heavy atom. The van der Waals surface area contributed by atoms with Crippen molar-refractivity contribution in [2.24, 2.45) is 0 Å². The molecule has 20 heavy (non-hydrogen) atoms. The van der Waals surface area contributed by atoms with E-state index in [0.29, 0.717) is 12.6 Å². The van der Waals surface area contributed by atoms with Crippen LogP contribution in [0.4, 0.5) is 8.78 Å². The Morgan fingerprint density at radius 2 is 2.00 bits per heavy atom. The summed E-state index contributed by atoms with van der Waals surface area (Å²) in [7, 11) is 3.21. The molecule has 1 N–H and O–H groups in total. The minimum absolute atomic E-state index is 0.135. The summed E-state index contributed by atoms with van der Waals surface area (Å²) in [6.07, 6.45) is 0.247. The van der Waals surface area contributed by atoms with Crippen LogP contribution in [0.2, 0.25) is 0 Å². The van der Waals surface area contributed by atoms with Crippen LogP contribution in [0, 0.1) is 11.6 Å². The second kappa shape index (κ2) is 7.09. The summed E-state index contributed by atoms with van der Waals surface area (Å²) in [5, 5.41) is 2.48. The van der Waals surface area contributed by atoms with Gasteiger partial charge >= 0.3 is 0 Å². The Bertz CT molecular complexity index is 506. The lowest BCUT2D eigenvalue weighted by Gasteiger charge is -2.23. The van der Waals surface area contributed by atoms with Crippen LogP contribution in [0.15, 0.2) is 18.2 Å². The predicted molar refractivity (Wildman–Crippen MR) is 71.5 cm³/mol. The van der Waals surface area contributed by atoms with E-state index < -0.39 is 23.5 Å². The minimum Gasteiger partial charge on any atom is -0.359 e. The standard InChI is InChI=1S/C14H18F2N2O2/c1-9(18(3)7-6-13(19)17-2)14(20)11-5-4-10(15)8-12(11)16/h4-5,8-9H,6-7H2,1-3H3,(H,17,19). The van der Waals surface area contributed by atoms with Crippen molar-refractivity contribution >= 4 is 11.7 Å². The number of carbonyl (C=O) groups is 2. The highest BCUT2D eigenvalue weighted by Crippen LogP contribution is 2.14. The van der Waals surface area contributed by atoms with E-state index in [9.17, 15) is 18.4 Å². The molecule has 0 bridgehead atoms. The number of nitrogens with zero attached hydrogens (tertiary/aromatic N) is 1. The number of amides is 1. The highest BCUT2D eigenvalue weighted by molar-refractivity contribution is 6.00. The number of halogens is 2. The molecule has 0 fully saturated rings. The van der Waals surface area contributed by atoms with Crippen LogP contribution >= 0.6 is 0 Å². The molecule has 1 amide bonds. The van der Waals surface area contributed by atoms with Gasteiger partial charge in [-0.15, -0.1) is 0 Å². The van der Waals surface area contributed by atoms with Crippen LogP contribution in [0.1, 0.15) is 23.7 Å². The third kappa shape index (κ3) is 4.09. The molecule has 1 aromatic carbocycles. The molecule has 0 aromatic heterocycles.